The van der Waals surface area contributed by atoms with Crippen LogP contribution in [-0.4, -0.2) is 10.7 Å². The Morgan fingerprint density at radius 2 is 1.97 bits per heavy atom. The Hall–Kier alpha value is -3.92. The van der Waals surface area contributed by atoms with Crippen molar-refractivity contribution in [1.29, 1.82) is 5.26 Å². The third-order valence-electron chi connectivity index (χ3n) is 5.59. The van der Waals surface area contributed by atoms with Gasteiger partial charge in [0.1, 0.15) is 5.82 Å². The number of carbonyl (C=O) groups is 1. The number of rotatable bonds is 3. The molecule has 30 heavy (non-hydrogen) atoms. The number of nitriles is 1. The lowest BCUT2D eigenvalue weighted by molar-refractivity contribution is -0.384. The van der Waals surface area contributed by atoms with E-state index < -0.39 is 10.8 Å². The first-order valence-electron chi connectivity index (χ1n) is 9.69. The molecule has 1 aliphatic carbocycles. The van der Waals surface area contributed by atoms with Crippen LogP contribution in [0.4, 0.5) is 11.4 Å². The van der Waals surface area contributed by atoms with Crippen molar-refractivity contribution >= 4 is 17.2 Å². The first-order chi connectivity index (χ1) is 14.4. The van der Waals surface area contributed by atoms with Crippen LogP contribution in [0.3, 0.4) is 0 Å². The van der Waals surface area contributed by atoms with Crippen molar-refractivity contribution in [3.05, 3.63) is 92.4 Å². The molecule has 2 N–H and O–H groups in total. The molecule has 0 spiro atoms. The zero-order valence-corrected chi connectivity index (χ0v) is 16.5. The molecule has 1 unspecified atom stereocenters. The van der Waals surface area contributed by atoms with E-state index in [1.807, 2.05) is 31.2 Å². The van der Waals surface area contributed by atoms with Gasteiger partial charge in [-0.2, -0.15) is 5.26 Å². The number of nitro groups is 1. The van der Waals surface area contributed by atoms with Crippen LogP contribution in [0.25, 0.3) is 0 Å². The van der Waals surface area contributed by atoms with Crippen molar-refractivity contribution in [2.75, 3.05) is 4.90 Å². The summed E-state index contributed by atoms with van der Waals surface area (Å²) in [5, 5.41) is 21.3. The minimum atomic E-state index is -0.535. The van der Waals surface area contributed by atoms with E-state index >= 15 is 0 Å². The Bertz CT molecular complexity index is 1170. The van der Waals surface area contributed by atoms with E-state index in [4.69, 9.17) is 5.73 Å². The van der Waals surface area contributed by atoms with Crippen LogP contribution in [0.2, 0.25) is 0 Å². The highest BCUT2D eigenvalue weighted by Gasteiger charge is 2.40. The van der Waals surface area contributed by atoms with Crippen molar-refractivity contribution in [3.63, 3.8) is 0 Å². The fraction of sp³-hybridized carbons (Fsp3) is 0.217. The third kappa shape index (κ3) is 3.12. The van der Waals surface area contributed by atoms with Crippen LogP contribution in [0.15, 0.2) is 71.2 Å². The van der Waals surface area contributed by atoms with Crippen LogP contribution < -0.4 is 10.6 Å². The summed E-state index contributed by atoms with van der Waals surface area (Å²) in [6.45, 7) is 1.96. The molecule has 4 rings (SSSR count). The number of nitrogens with two attached hydrogens (primary N) is 1. The summed E-state index contributed by atoms with van der Waals surface area (Å²) in [5.41, 5.74) is 10.3. The van der Waals surface area contributed by atoms with Gasteiger partial charge in [-0.05, 0) is 31.4 Å². The normalized spacial score (nSPS) is 18.9. The molecule has 150 valence electrons. The van der Waals surface area contributed by atoms with Crippen LogP contribution in [0.1, 0.15) is 36.3 Å². The number of hydrogen-bond donors (Lipinski definition) is 1. The predicted molar refractivity (Wildman–Crippen MR) is 112 cm³/mol. The average Bonchev–Trinajstić information content (AvgIpc) is 2.73. The molecule has 0 fully saturated rings. The van der Waals surface area contributed by atoms with Gasteiger partial charge in [-0.3, -0.25) is 19.8 Å². The lowest BCUT2D eigenvalue weighted by atomic mass is 9.75. The van der Waals surface area contributed by atoms with Crippen LogP contribution in [-0.2, 0) is 4.79 Å². The van der Waals surface area contributed by atoms with Crippen LogP contribution in [0, 0.1) is 28.4 Å². The number of hydrogen-bond acceptors (Lipinski definition) is 6. The molecule has 0 amide bonds. The summed E-state index contributed by atoms with van der Waals surface area (Å²) in [6, 6.07) is 16.0. The second-order valence-electron chi connectivity index (χ2n) is 7.51. The molecule has 7 heteroatoms. The van der Waals surface area contributed by atoms with Gasteiger partial charge in [0.15, 0.2) is 5.78 Å². The number of Topliss-reactive ketones (excluding diaryl/α,β-unsaturated/α-hetero) is 1. The number of nitrogens with zero attached hydrogens (tertiary/aromatic N) is 3. The first-order valence-corrected chi connectivity index (χ1v) is 9.69. The monoisotopic (exact) mass is 400 g/mol. The standard InChI is InChI=1S/C23H20N4O3/c1-14-5-2-6-15(11-14)21-18(13-24)23(25)26(19-9-4-10-20(28)22(19)21)16-7-3-8-17(12-16)27(29)30/h2-3,5-8,11-12,21H,4,9-10,25H2,1H3. The fourth-order valence-electron chi connectivity index (χ4n) is 4.31. The molecular weight excluding hydrogens is 380 g/mol. The van der Waals surface area contributed by atoms with Gasteiger partial charge < -0.3 is 5.73 Å². The van der Waals surface area contributed by atoms with Gasteiger partial charge in [-0.25, -0.2) is 0 Å². The van der Waals surface area contributed by atoms with Gasteiger partial charge in [-0.1, -0.05) is 35.9 Å². The predicted octanol–water partition coefficient (Wildman–Crippen LogP) is 4.21. The smallest absolute Gasteiger partial charge is 0.271 e. The number of aryl methyl sites for hydroxylation is 1. The summed E-state index contributed by atoms with van der Waals surface area (Å²) in [5.74, 6) is -0.343. The highest BCUT2D eigenvalue weighted by molar-refractivity contribution is 6.01. The maximum atomic E-state index is 13.1. The summed E-state index contributed by atoms with van der Waals surface area (Å²) >= 11 is 0. The van der Waals surface area contributed by atoms with Gasteiger partial charge >= 0.3 is 0 Å². The molecule has 1 atom stereocenters. The zero-order valence-electron chi connectivity index (χ0n) is 16.5. The number of ketones is 1. The van der Waals surface area contributed by atoms with Crippen LogP contribution >= 0.6 is 0 Å². The number of non-ortho nitro benzene ring substituents is 1. The fourth-order valence-corrected chi connectivity index (χ4v) is 4.31. The molecule has 7 nitrogen and oxygen atoms in total. The molecular formula is C23H20N4O3. The maximum absolute atomic E-state index is 13.1. The summed E-state index contributed by atoms with van der Waals surface area (Å²) in [7, 11) is 0. The minimum absolute atomic E-state index is 0.0153. The van der Waals surface area contributed by atoms with E-state index in [1.165, 1.54) is 12.1 Å². The average molecular weight is 400 g/mol. The largest absolute Gasteiger partial charge is 0.384 e. The number of carbonyl (C=O) groups excluding carboxylic acids is 1. The van der Waals surface area contributed by atoms with Gasteiger partial charge in [-0.15, -0.1) is 0 Å². The highest BCUT2D eigenvalue weighted by Crippen LogP contribution is 2.46. The molecule has 0 bridgehead atoms. The summed E-state index contributed by atoms with van der Waals surface area (Å²) < 4.78 is 0. The quantitative estimate of drug-likeness (QED) is 0.610. The molecule has 0 saturated heterocycles. The topological polar surface area (TPSA) is 113 Å². The Labute approximate surface area is 173 Å². The van der Waals surface area contributed by atoms with Crippen molar-refractivity contribution in [2.24, 2.45) is 5.73 Å². The lowest BCUT2D eigenvalue weighted by Crippen LogP contribution is -2.38. The summed E-state index contributed by atoms with van der Waals surface area (Å²) in [6.07, 6.45) is 1.67. The Morgan fingerprint density at radius 3 is 2.67 bits per heavy atom. The molecule has 0 saturated carbocycles. The van der Waals surface area contributed by atoms with Gasteiger partial charge in [0, 0.05) is 29.8 Å². The maximum Gasteiger partial charge on any atom is 0.271 e. The minimum Gasteiger partial charge on any atom is -0.384 e. The van der Waals surface area contributed by atoms with E-state index in [9.17, 15) is 20.2 Å². The molecule has 2 aromatic carbocycles. The third-order valence-corrected chi connectivity index (χ3v) is 5.59. The van der Waals surface area contributed by atoms with Crippen molar-refractivity contribution < 1.29 is 9.72 Å². The molecule has 0 radical (unpaired) electrons. The van der Waals surface area contributed by atoms with Crippen molar-refractivity contribution in [1.82, 2.24) is 0 Å². The SMILES string of the molecule is Cc1cccc(C2C(C#N)=C(N)N(c3cccc([N+](=O)[O-])c3)C3=C2C(=O)CCC3)c1. The van der Waals surface area contributed by atoms with E-state index in [2.05, 4.69) is 6.07 Å². The Balaban J connectivity index is 1.97. The Morgan fingerprint density at radius 1 is 1.20 bits per heavy atom. The van der Waals surface area contributed by atoms with E-state index in [0.717, 1.165) is 16.8 Å². The summed E-state index contributed by atoms with van der Waals surface area (Å²) in [4.78, 5) is 25.5. The van der Waals surface area contributed by atoms with Crippen LogP contribution in [0.5, 0.6) is 0 Å². The second-order valence-corrected chi connectivity index (χ2v) is 7.51. The van der Waals surface area contributed by atoms with E-state index in [0.29, 0.717) is 30.5 Å². The number of allylic oxidation sites excluding steroid dienone is 3. The number of benzene rings is 2. The number of nitro benzene ring substituents is 1. The molecule has 2 aliphatic rings. The van der Waals surface area contributed by atoms with Crippen molar-refractivity contribution in [3.8, 4) is 6.07 Å². The first kappa shape index (κ1) is 19.4. The highest BCUT2D eigenvalue weighted by atomic mass is 16.6. The van der Waals surface area contributed by atoms with Gasteiger partial charge in [0.05, 0.1) is 28.2 Å². The van der Waals surface area contributed by atoms with Gasteiger partial charge in [0.25, 0.3) is 5.69 Å². The molecule has 1 aliphatic heterocycles. The molecule has 0 aromatic heterocycles. The number of anilines is 1. The lowest BCUT2D eigenvalue weighted by Gasteiger charge is -2.39. The second kappa shape index (κ2) is 7.48. The van der Waals surface area contributed by atoms with Crippen molar-refractivity contribution in [2.45, 2.75) is 32.1 Å². The van der Waals surface area contributed by atoms with Gasteiger partial charge in [0.2, 0.25) is 0 Å². The zero-order chi connectivity index (χ0) is 21.4. The van der Waals surface area contributed by atoms with E-state index in [1.54, 1.807) is 17.0 Å². The molecule has 1 heterocycles. The van der Waals surface area contributed by atoms with E-state index in [-0.39, 0.29) is 22.9 Å². The molecule has 2 aromatic rings. The Kier molecular flexibility index (Phi) is 4.84.